The van der Waals surface area contributed by atoms with Gasteiger partial charge >= 0.3 is 23.9 Å². The molecule has 1 unspecified atom stereocenters. The molecular weight excluding hydrogens is 606 g/mol. The maximum atomic E-state index is 12.7. The van der Waals surface area contributed by atoms with Gasteiger partial charge in [-0.15, -0.1) is 22.7 Å². The second-order valence-corrected chi connectivity index (χ2v) is 12.2. The molecule has 1 aliphatic rings. The number of carbonyl (C=O) groups excluding carboxylic acids is 4. The molecule has 5 rings (SSSR count). The summed E-state index contributed by atoms with van der Waals surface area (Å²) in [6.07, 6.45) is -4.82. The van der Waals surface area contributed by atoms with Crippen molar-refractivity contribution in [3.05, 3.63) is 70.0 Å². The zero-order valence-corrected chi connectivity index (χ0v) is 25.4. The molecule has 1 aliphatic heterocycles. The van der Waals surface area contributed by atoms with Crippen molar-refractivity contribution in [2.45, 2.75) is 71.6 Å². The minimum atomic E-state index is -1.58. The molecule has 4 aromatic rings. The Balaban J connectivity index is 1.62. The highest BCUT2D eigenvalue weighted by Crippen LogP contribution is 2.40. The van der Waals surface area contributed by atoms with Crippen LogP contribution in [0.15, 0.2) is 54.0 Å². The van der Waals surface area contributed by atoms with Crippen LogP contribution in [-0.4, -0.2) is 59.5 Å². The highest BCUT2D eigenvalue weighted by atomic mass is 32.1. The van der Waals surface area contributed by atoms with Crippen LogP contribution in [0.1, 0.15) is 55.3 Å². The molecule has 5 atom stereocenters. The van der Waals surface area contributed by atoms with Crippen molar-refractivity contribution in [1.29, 1.82) is 0 Å². The number of hydrogen-bond acceptors (Lipinski definition) is 11. The number of carbonyl (C=O) groups is 4. The summed E-state index contributed by atoms with van der Waals surface area (Å²) in [5.74, 6) is -3.95. The average Bonchev–Trinajstić information content (AvgIpc) is 3.86. The van der Waals surface area contributed by atoms with E-state index < -0.39 is 88.7 Å². The van der Waals surface area contributed by atoms with E-state index in [1.54, 1.807) is 27.2 Å². The predicted octanol–water partition coefficient (Wildman–Crippen LogP) is 5.59. The lowest BCUT2D eigenvalue weighted by Crippen LogP contribution is -2.60. The Morgan fingerprint density at radius 3 is 2.30 bits per heavy atom. The summed E-state index contributed by atoms with van der Waals surface area (Å²) < 4.78 is 60.0. The largest absolute Gasteiger partial charge is 0.463 e. The Labute approximate surface area is 268 Å². The first-order chi connectivity index (χ1) is 23.2. The van der Waals surface area contributed by atoms with Crippen LogP contribution in [0.2, 0.25) is 0 Å². The van der Waals surface area contributed by atoms with Crippen molar-refractivity contribution in [2.75, 3.05) is 6.61 Å². The molecule has 3 aromatic heterocycles. The Morgan fingerprint density at radius 1 is 0.864 bits per heavy atom. The van der Waals surface area contributed by atoms with E-state index >= 15 is 0 Å². The van der Waals surface area contributed by atoms with Crippen LogP contribution in [0.4, 0.5) is 0 Å². The molecule has 1 saturated heterocycles. The fraction of sp³-hybridized carbons (Fsp3) is 0.375. The van der Waals surface area contributed by atoms with Crippen LogP contribution < -0.4 is 0 Å². The van der Waals surface area contributed by atoms with Gasteiger partial charge in [0, 0.05) is 65.7 Å². The van der Waals surface area contributed by atoms with Crippen molar-refractivity contribution in [2.24, 2.45) is 0 Å². The third kappa shape index (κ3) is 6.87. The van der Waals surface area contributed by atoms with Crippen LogP contribution in [0.5, 0.6) is 0 Å². The molecule has 0 aliphatic carbocycles. The number of nitrogens with zero attached hydrogens (tertiary/aromatic N) is 1. The van der Waals surface area contributed by atoms with Gasteiger partial charge in [0.15, 0.2) is 24.5 Å². The standard InChI is InChI=1S/C32H33NO9S2/c1-17-8-6-9-24-28(17)22(14-23-11-12-27(44-23)26-10-7-13-43-26)15-33(24)32-31(41-21(5)37)30(40-20(4)36)29(39-19(3)35)25(42-32)16-38-18(2)34/h6-13,15,25,29-32H,14,16H2,1-5H3/t25-,29-,30+,31-,32?/m1/s1/i2D,3D,4D,5D. The maximum absolute atomic E-state index is 12.7. The molecule has 10 nitrogen and oxygen atoms in total. The second-order valence-electron chi connectivity index (χ2n) is 10.1. The lowest BCUT2D eigenvalue weighted by atomic mass is 9.97. The van der Waals surface area contributed by atoms with Gasteiger partial charge in [-0.25, -0.2) is 0 Å². The predicted molar refractivity (Wildman–Crippen MR) is 164 cm³/mol. The van der Waals surface area contributed by atoms with Crippen molar-refractivity contribution < 1.29 is 48.3 Å². The van der Waals surface area contributed by atoms with Crippen LogP contribution >= 0.6 is 22.7 Å². The number of esters is 4. The van der Waals surface area contributed by atoms with Crippen LogP contribution in [0.25, 0.3) is 20.7 Å². The van der Waals surface area contributed by atoms with Crippen molar-refractivity contribution in [1.82, 2.24) is 4.57 Å². The fourth-order valence-corrected chi connectivity index (χ4v) is 7.29. The number of aryl methyl sites for hydroxylation is 1. The van der Waals surface area contributed by atoms with E-state index in [0.717, 1.165) is 31.1 Å². The topological polar surface area (TPSA) is 119 Å². The van der Waals surface area contributed by atoms with E-state index in [1.165, 1.54) is 0 Å². The van der Waals surface area contributed by atoms with Crippen molar-refractivity contribution in [3.8, 4) is 9.75 Å². The SMILES string of the molecule is [2H]CC(=O)OC[C@H]1OC(n2cc(Cc3ccc(-c4cccs4)s3)c3c(C)cccc32)[C@H](OC(=O)C[2H])[C@@H](OC(=O)C[2H])[C@@H]1OC(=O)C[2H]. The minimum Gasteiger partial charge on any atom is -0.463 e. The van der Waals surface area contributed by atoms with E-state index in [1.807, 2.05) is 42.8 Å². The van der Waals surface area contributed by atoms with Gasteiger partial charge in [-0.05, 0) is 47.7 Å². The number of thiophene rings is 2. The third-order valence-corrected chi connectivity index (χ3v) is 9.18. The summed E-state index contributed by atoms with van der Waals surface area (Å²) in [5, 5.41) is 2.92. The number of hydrogen-bond donors (Lipinski definition) is 0. The van der Waals surface area contributed by atoms with E-state index in [9.17, 15) is 19.2 Å². The van der Waals surface area contributed by atoms with Gasteiger partial charge in [0.25, 0.3) is 0 Å². The first-order valence-corrected chi connectivity index (χ1v) is 15.1. The Morgan fingerprint density at radius 2 is 1.59 bits per heavy atom. The summed E-state index contributed by atoms with van der Waals surface area (Å²) in [7, 11) is 0. The summed E-state index contributed by atoms with van der Waals surface area (Å²) in [6, 6.07) is 13.8. The zero-order valence-electron chi connectivity index (χ0n) is 27.8. The quantitative estimate of drug-likeness (QED) is 0.170. The van der Waals surface area contributed by atoms with Gasteiger partial charge in [0.05, 0.1) is 5.52 Å². The number of benzene rings is 1. The van der Waals surface area contributed by atoms with E-state index in [4.69, 9.17) is 29.2 Å². The lowest BCUT2D eigenvalue weighted by Gasteiger charge is -2.44. The van der Waals surface area contributed by atoms with Crippen LogP contribution in [-0.2, 0) is 49.3 Å². The molecule has 44 heavy (non-hydrogen) atoms. The highest BCUT2D eigenvalue weighted by molar-refractivity contribution is 7.21. The Hall–Kier alpha value is -4.00. The number of fused-ring (bicyclic) bond motifs is 1. The summed E-state index contributed by atoms with van der Waals surface area (Å²) in [5.41, 5.74) is 2.54. The van der Waals surface area contributed by atoms with Crippen molar-refractivity contribution in [3.63, 3.8) is 0 Å². The molecular formula is C32H33NO9S2. The number of rotatable bonds is 9. The Kier molecular flexibility index (Phi) is 8.00. The summed E-state index contributed by atoms with van der Waals surface area (Å²) in [4.78, 5) is 53.0. The molecule has 0 bridgehead atoms. The first kappa shape index (κ1) is 26.4. The number of aromatic nitrogens is 1. The maximum Gasteiger partial charge on any atom is 0.303 e. The fourth-order valence-electron chi connectivity index (χ4n) is 5.43. The van der Waals surface area contributed by atoms with Gasteiger partial charge in [0.2, 0.25) is 0 Å². The monoisotopic (exact) mass is 643 g/mol. The molecule has 12 heteroatoms. The smallest absolute Gasteiger partial charge is 0.303 e. The molecule has 0 saturated carbocycles. The zero-order chi connectivity index (χ0) is 34.4. The summed E-state index contributed by atoms with van der Waals surface area (Å²) in [6.45, 7) is -1.69. The van der Waals surface area contributed by atoms with E-state index in [2.05, 4.69) is 18.2 Å². The molecule has 0 N–H and O–H groups in total. The normalized spacial score (nSPS) is 22.7. The minimum absolute atomic E-state index is 0.538. The van der Waals surface area contributed by atoms with Gasteiger partial charge in [-0.3, -0.25) is 19.2 Å². The Bertz CT molecular complexity index is 1760. The average molecular weight is 644 g/mol. The number of ether oxygens (including phenoxy) is 5. The van der Waals surface area contributed by atoms with E-state index in [-0.39, 0.29) is 0 Å². The molecule has 1 aromatic carbocycles. The molecule has 232 valence electrons. The molecule has 1 fully saturated rings. The van der Waals surface area contributed by atoms with Gasteiger partial charge in [-0.2, -0.15) is 0 Å². The van der Waals surface area contributed by atoms with E-state index in [0.29, 0.717) is 11.9 Å². The first-order valence-electron chi connectivity index (χ1n) is 16.3. The van der Waals surface area contributed by atoms with Gasteiger partial charge in [-0.1, -0.05) is 18.2 Å². The molecule has 0 amide bonds. The summed E-state index contributed by atoms with van der Waals surface area (Å²) >= 11 is 3.32. The molecule has 4 heterocycles. The van der Waals surface area contributed by atoms with Crippen LogP contribution in [0, 0.1) is 6.92 Å². The van der Waals surface area contributed by atoms with Crippen LogP contribution in [0.3, 0.4) is 0 Å². The van der Waals surface area contributed by atoms with Crippen molar-refractivity contribution >= 4 is 57.5 Å². The highest BCUT2D eigenvalue weighted by Gasteiger charge is 2.53. The van der Waals surface area contributed by atoms with Gasteiger partial charge in [0.1, 0.15) is 12.7 Å². The molecule has 0 radical (unpaired) electrons. The van der Waals surface area contributed by atoms with Gasteiger partial charge < -0.3 is 28.3 Å². The third-order valence-electron chi connectivity index (χ3n) is 7.03. The lowest BCUT2D eigenvalue weighted by molar-refractivity contribution is -0.267. The second kappa shape index (κ2) is 13.3. The molecule has 0 spiro atoms.